The Labute approximate surface area is 126 Å². The average Bonchev–Trinajstić information content (AvgIpc) is 2.97. The molecular weight excluding hydrogens is 318 g/mol. The first-order valence-corrected chi connectivity index (χ1v) is 8.58. The van der Waals surface area contributed by atoms with Gasteiger partial charge in [0.1, 0.15) is 9.77 Å². The molecule has 1 unspecified atom stereocenters. The van der Waals surface area contributed by atoms with Crippen LogP contribution in [0, 0.1) is 5.92 Å². The van der Waals surface area contributed by atoms with E-state index in [0.29, 0.717) is 12.8 Å². The van der Waals surface area contributed by atoms with Crippen LogP contribution in [-0.4, -0.2) is 50.0 Å². The molecule has 2 rings (SSSR count). The van der Waals surface area contributed by atoms with Gasteiger partial charge in [0.15, 0.2) is 0 Å². The fraction of sp³-hybridized carbons (Fsp3) is 0.500. The maximum atomic E-state index is 12.5. The van der Waals surface area contributed by atoms with Crippen molar-refractivity contribution in [2.45, 2.75) is 17.7 Å². The average molecular weight is 333 g/mol. The molecule has 1 fully saturated rings. The van der Waals surface area contributed by atoms with E-state index in [9.17, 15) is 18.0 Å². The van der Waals surface area contributed by atoms with Crippen LogP contribution < -0.4 is 0 Å². The SMILES string of the molecule is COC(=O)C1CCCN(S(=O)(=O)c2ccsc2C(=O)O)C1. The molecule has 116 valence electrons. The zero-order chi connectivity index (χ0) is 15.6. The molecule has 0 bridgehead atoms. The van der Waals surface area contributed by atoms with Crippen LogP contribution >= 0.6 is 11.3 Å². The van der Waals surface area contributed by atoms with Crippen molar-refractivity contribution in [1.82, 2.24) is 4.31 Å². The lowest BCUT2D eigenvalue weighted by Gasteiger charge is -2.30. The minimum atomic E-state index is -3.91. The van der Waals surface area contributed by atoms with Crippen LogP contribution in [0.2, 0.25) is 0 Å². The quantitative estimate of drug-likeness (QED) is 0.826. The summed E-state index contributed by atoms with van der Waals surface area (Å²) in [6.45, 7) is 0.286. The highest BCUT2D eigenvalue weighted by atomic mass is 32.2. The normalized spacial score (nSPS) is 20.1. The van der Waals surface area contributed by atoms with Crippen LogP contribution in [0.4, 0.5) is 0 Å². The van der Waals surface area contributed by atoms with Crippen LogP contribution in [-0.2, 0) is 19.6 Å². The van der Waals surface area contributed by atoms with Gasteiger partial charge < -0.3 is 9.84 Å². The van der Waals surface area contributed by atoms with Gasteiger partial charge in [-0.1, -0.05) is 0 Å². The number of carboxylic acids is 1. The molecule has 0 amide bonds. The summed E-state index contributed by atoms with van der Waals surface area (Å²) in [4.78, 5) is 22.2. The Hall–Kier alpha value is -1.45. The summed E-state index contributed by atoms with van der Waals surface area (Å²) >= 11 is 0.863. The van der Waals surface area contributed by atoms with Crippen molar-refractivity contribution in [2.75, 3.05) is 20.2 Å². The lowest BCUT2D eigenvalue weighted by Crippen LogP contribution is -2.42. The lowest BCUT2D eigenvalue weighted by molar-refractivity contribution is -0.146. The Morgan fingerprint density at radius 1 is 1.48 bits per heavy atom. The highest BCUT2D eigenvalue weighted by Crippen LogP contribution is 2.29. The first-order valence-electron chi connectivity index (χ1n) is 6.26. The molecule has 1 saturated heterocycles. The second-order valence-electron chi connectivity index (χ2n) is 4.64. The smallest absolute Gasteiger partial charge is 0.347 e. The molecule has 0 saturated carbocycles. The van der Waals surface area contributed by atoms with Crippen molar-refractivity contribution < 1.29 is 27.9 Å². The Morgan fingerprint density at radius 3 is 2.81 bits per heavy atom. The number of esters is 1. The summed E-state index contributed by atoms with van der Waals surface area (Å²) in [7, 11) is -2.65. The Kier molecular flexibility index (Phi) is 4.64. The van der Waals surface area contributed by atoms with Gasteiger partial charge in [0.25, 0.3) is 0 Å². The number of nitrogens with zero attached hydrogens (tertiary/aromatic N) is 1. The monoisotopic (exact) mass is 333 g/mol. The van der Waals surface area contributed by atoms with E-state index >= 15 is 0 Å². The molecular formula is C12H15NO6S2. The summed E-state index contributed by atoms with van der Waals surface area (Å²) in [5, 5.41) is 10.5. The molecule has 0 radical (unpaired) electrons. The molecule has 1 aromatic heterocycles. The molecule has 0 spiro atoms. The summed E-state index contributed by atoms with van der Waals surface area (Å²) in [5.74, 6) is -2.23. The van der Waals surface area contributed by atoms with Gasteiger partial charge in [-0.25, -0.2) is 13.2 Å². The van der Waals surface area contributed by atoms with E-state index in [4.69, 9.17) is 5.11 Å². The zero-order valence-electron chi connectivity index (χ0n) is 11.3. The highest BCUT2D eigenvalue weighted by molar-refractivity contribution is 7.89. The van der Waals surface area contributed by atoms with E-state index in [1.165, 1.54) is 18.6 Å². The van der Waals surface area contributed by atoms with E-state index in [1.54, 1.807) is 0 Å². The number of carboxylic acid groups (broad SMARTS) is 1. The van der Waals surface area contributed by atoms with Crippen molar-refractivity contribution in [3.8, 4) is 0 Å². The molecule has 0 aliphatic carbocycles. The van der Waals surface area contributed by atoms with Gasteiger partial charge in [0.2, 0.25) is 10.0 Å². The third kappa shape index (κ3) is 3.09. The van der Waals surface area contributed by atoms with Crippen LogP contribution in [0.1, 0.15) is 22.5 Å². The number of hydrogen-bond acceptors (Lipinski definition) is 6. The van der Waals surface area contributed by atoms with E-state index in [1.807, 2.05) is 0 Å². The second kappa shape index (κ2) is 6.12. The minimum absolute atomic E-state index is 0.0178. The van der Waals surface area contributed by atoms with Gasteiger partial charge in [0, 0.05) is 13.1 Å². The van der Waals surface area contributed by atoms with E-state index in [-0.39, 0.29) is 22.9 Å². The molecule has 9 heteroatoms. The van der Waals surface area contributed by atoms with Crippen molar-refractivity contribution in [3.63, 3.8) is 0 Å². The maximum Gasteiger partial charge on any atom is 0.347 e. The molecule has 21 heavy (non-hydrogen) atoms. The second-order valence-corrected chi connectivity index (χ2v) is 7.47. The summed E-state index contributed by atoms with van der Waals surface area (Å²) in [6, 6.07) is 1.28. The number of methoxy groups -OCH3 is 1. The van der Waals surface area contributed by atoms with Gasteiger partial charge in [-0.05, 0) is 24.3 Å². The first-order chi connectivity index (χ1) is 9.87. The summed E-state index contributed by atoms with van der Waals surface area (Å²) < 4.78 is 30.9. The van der Waals surface area contributed by atoms with Gasteiger partial charge >= 0.3 is 11.9 Å². The van der Waals surface area contributed by atoms with Gasteiger partial charge in [-0.2, -0.15) is 4.31 Å². The number of hydrogen-bond donors (Lipinski definition) is 1. The van der Waals surface area contributed by atoms with Gasteiger partial charge in [0.05, 0.1) is 13.0 Å². The lowest BCUT2D eigenvalue weighted by atomic mass is 10.0. The summed E-state index contributed by atoms with van der Waals surface area (Å²) in [5.41, 5.74) is 0. The number of carbonyl (C=O) groups excluding carboxylic acids is 1. The Bertz CT molecular complexity index is 650. The predicted octanol–water partition coefficient (Wildman–Crippen LogP) is 1.02. The molecule has 7 nitrogen and oxygen atoms in total. The van der Waals surface area contributed by atoms with E-state index in [2.05, 4.69) is 4.74 Å². The predicted molar refractivity (Wildman–Crippen MR) is 74.8 cm³/mol. The molecule has 1 aromatic rings. The fourth-order valence-electron chi connectivity index (χ4n) is 2.32. The van der Waals surface area contributed by atoms with Crippen molar-refractivity contribution in [2.24, 2.45) is 5.92 Å². The van der Waals surface area contributed by atoms with E-state index < -0.39 is 27.9 Å². The third-order valence-corrected chi connectivity index (χ3v) is 6.30. The molecule has 2 heterocycles. The number of thiophene rings is 1. The van der Waals surface area contributed by atoms with Crippen LogP contribution in [0.25, 0.3) is 0 Å². The zero-order valence-corrected chi connectivity index (χ0v) is 12.9. The number of piperidine rings is 1. The van der Waals surface area contributed by atoms with Gasteiger partial charge in [-0.15, -0.1) is 11.3 Å². The molecule has 1 N–H and O–H groups in total. The van der Waals surface area contributed by atoms with Crippen LogP contribution in [0.15, 0.2) is 16.3 Å². The minimum Gasteiger partial charge on any atom is -0.477 e. The van der Waals surface area contributed by atoms with Crippen molar-refractivity contribution in [1.29, 1.82) is 0 Å². The molecule has 1 aliphatic heterocycles. The van der Waals surface area contributed by atoms with Crippen molar-refractivity contribution in [3.05, 3.63) is 16.3 Å². The number of carbonyl (C=O) groups is 2. The number of rotatable bonds is 4. The Morgan fingerprint density at radius 2 is 2.19 bits per heavy atom. The topological polar surface area (TPSA) is 101 Å². The van der Waals surface area contributed by atoms with Gasteiger partial charge in [-0.3, -0.25) is 4.79 Å². The summed E-state index contributed by atoms with van der Waals surface area (Å²) in [6.07, 6.45) is 1.10. The van der Waals surface area contributed by atoms with Crippen LogP contribution in [0.3, 0.4) is 0 Å². The molecule has 1 atom stereocenters. The van der Waals surface area contributed by atoms with Crippen LogP contribution in [0.5, 0.6) is 0 Å². The largest absolute Gasteiger partial charge is 0.477 e. The number of sulfonamides is 1. The number of aromatic carboxylic acids is 1. The molecule has 1 aliphatic rings. The number of ether oxygens (including phenoxy) is 1. The maximum absolute atomic E-state index is 12.5. The fourth-order valence-corrected chi connectivity index (χ4v) is 5.07. The van der Waals surface area contributed by atoms with Crippen molar-refractivity contribution >= 4 is 33.3 Å². The Balaban J connectivity index is 2.29. The van der Waals surface area contributed by atoms with E-state index in [0.717, 1.165) is 15.6 Å². The standard InChI is InChI=1S/C12H15NO6S2/c1-19-12(16)8-3-2-5-13(7-8)21(17,18)9-4-6-20-10(9)11(14)15/h4,6,8H,2-3,5,7H2,1H3,(H,14,15). The third-order valence-electron chi connectivity index (χ3n) is 3.36. The highest BCUT2D eigenvalue weighted by Gasteiger charge is 2.36. The molecule has 0 aromatic carbocycles. The first kappa shape index (κ1) is 15.9.